The van der Waals surface area contributed by atoms with E-state index in [9.17, 15) is 0 Å². The normalized spacial score (nSPS) is 14.7. The Bertz CT molecular complexity index is 4480. The molecule has 0 saturated carbocycles. The lowest BCUT2D eigenvalue weighted by Crippen LogP contribution is -2.29. The van der Waals surface area contributed by atoms with E-state index in [1.807, 2.05) is 121 Å². The molecule has 0 amide bonds. The molecule has 0 spiro atoms. The van der Waals surface area contributed by atoms with Gasteiger partial charge in [0.25, 0.3) is 0 Å². The summed E-state index contributed by atoms with van der Waals surface area (Å²) in [5.74, 6) is 2.21. The molecule has 0 fully saturated rings. The molecule has 486 valence electrons. The molecule has 0 heterocycles. The summed E-state index contributed by atoms with van der Waals surface area (Å²) >= 11 is 0. The number of rotatable bonds is 27. The Hall–Kier alpha value is -11.3. The van der Waals surface area contributed by atoms with E-state index in [2.05, 4.69) is 171 Å². The summed E-state index contributed by atoms with van der Waals surface area (Å²) in [5, 5.41) is 0. The van der Waals surface area contributed by atoms with Crippen molar-refractivity contribution in [1.29, 1.82) is 0 Å². The van der Waals surface area contributed by atoms with Crippen LogP contribution in [0.3, 0.4) is 0 Å². The van der Waals surface area contributed by atoms with E-state index in [4.69, 9.17) is 28.4 Å². The fourth-order valence-electron chi connectivity index (χ4n) is 14.4. The van der Waals surface area contributed by atoms with Gasteiger partial charge in [0.05, 0.1) is 35.4 Å². The summed E-state index contributed by atoms with van der Waals surface area (Å²) in [4.78, 5) is 3.99. The van der Waals surface area contributed by atoms with Crippen LogP contribution in [-0.2, 0) is 20.3 Å². The van der Waals surface area contributed by atoms with Gasteiger partial charge in [-0.05, 0) is 213 Å². The van der Waals surface area contributed by atoms with Gasteiger partial charge in [0.1, 0.15) is 61.1 Å². The highest BCUT2D eigenvalue weighted by Crippen LogP contribution is 2.60. The maximum atomic E-state index is 16.7. The van der Waals surface area contributed by atoms with E-state index >= 15 is 8.78 Å². The second-order valence-corrected chi connectivity index (χ2v) is 24.1. The Labute approximate surface area is 572 Å². The summed E-state index contributed by atoms with van der Waals surface area (Å²) in [5.41, 5.74) is 16.9. The smallest absolute Gasteiger partial charge is 0.147 e. The highest BCUT2D eigenvalue weighted by atomic mass is 19.1. The molecule has 2 aliphatic rings. The molecule has 12 aromatic carbocycles. The van der Waals surface area contributed by atoms with E-state index in [1.165, 1.54) is 12.1 Å². The SMILES string of the molecule is C=CCOc1ccc(C2(c3ccc(OCCOCC)cc3)c3ccccc3-c3ccc(N(c4ccc(-c5ccc(N(c6ccc7c(c6)C(c6ccc(OCC=C)cc6)(c6ccc(OCCOCC)cc6)c6ccccc6-7)c6ccccc6F)cc5)cc4)c4ccccc4F)cc32)cc1. The van der Waals surface area contributed by atoms with Gasteiger partial charge in [-0.15, -0.1) is 0 Å². The van der Waals surface area contributed by atoms with Crippen LogP contribution < -0.4 is 28.7 Å². The first-order chi connectivity index (χ1) is 48.3. The lowest BCUT2D eigenvalue weighted by Gasteiger charge is -2.35. The monoisotopic (exact) mass is 1290 g/mol. The summed E-state index contributed by atoms with van der Waals surface area (Å²) in [7, 11) is 0. The molecule has 98 heavy (non-hydrogen) atoms. The maximum absolute atomic E-state index is 16.7. The van der Waals surface area contributed by atoms with Crippen molar-refractivity contribution in [1.82, 2.24) is 0 Å². The van der Waals surface area contributed by atoms with Gasteiger partial charge >= 0.3 is 0 Å². The number of fused-ring (bicyclic) bond motifs is 6. The van der Waals surface area contributed by atoms with Gasteiger partial charge in [-0.2, -0.15) is 0 Å². The molecule has 2 aliphatic carbocycles. The Morgan fingerprint density at radius 1 is 0.327 bits per heavy atom. The second-order valence-electron chi connectivity index (χ2n) is 24.1. The van der Waals surface area contributed by atoms with Gasteiger partial charge in [-0.3, -0.25) is 0 Å². The molecule has 0 aromatic heterocycles. The second kappa shape index (κ2) is 28.6. The minimum atomic E-state index is -0.820. The summed E-state index contributed by atoms with van der Waals surface area (Å²) in [6, 6.07) is 93.8. The molecule has 0 radical (unpaired) electrons. The van der Waals surface area contributed by atoms with Gasteiger partial charge in [-0.1, -0.05) is 183 Å². The number of ether oxygens (including phenoxy) is 6. The zero-order valence-corrected chi connectivity index (χ0v) is 54.9. The van der Waals surface area contributed by atoms with Crippen molar-refractivity contribution in [3.63, 3.8) is 0 Å². The van der Waals surface area contributed by atoms with Gasteiger partial charge in [-0.25, -0.2) is 8.78 Å². The third-order valence-electron chi connectivity index (χ3n) is 18.6. The van der Waals surface area contributed by atoms with Crippen molar-refractivity contribution in [2.24, 2.45) is 0 Å². The fraction of sp³-hybridized carbons (Fsp3) is 0.136. The van der Waals surface area contributed by atoms with E-state index in [1.54, 1.807) is 24.3 Å². The van der Waals surface area contributed by atoms with Crippen molar-refractivity contribution in [3.05, 3.63) is 361 Å². The van der Waals surface area contributed by atoms with Crippen molar-refractivity contribution in [2.45, 2.75) is 24.7 Å². The van der Waals surface area contributed by atoms with Crippen LogP contribution in [0.1, 0.15) is 58.4 Å². The molecule has 8 nitrogen and oxygen atoms in total. The van der Waals surface area contributed by atoms with Crippen LogP contribution in [0.5, 0.6) is 23.0 Å². The number of halogens is 2. The van der Waals surface area contributed by atoms with E-state index in [-0.39, 0.29) is 11.6 Å². The first-order valence-electron chi connectivity index (χ1n) is 33.4. The average molecular weight is 1290 g/mol. The molecule has 10 heteroatoms. The summed E-state index contributed by atoms with van der Waals surface area (Å²) in [6.07, 6.45) is 3.48. The fourth-order valence-corrected chi connectivity index (χ4v) is 14.4. The van der Waals surface area contributed by atoms with Crippen LogP contribution in [0.15, 0.2) is 304 Å². The zero-order chi connectivity index (χ0) is 67.0. The van der Waals surface area contributed by atoms with Gasteiger partial charge < -0.3 is 38.2 Å². The van der Waals surface area contributed by atoms with Crippen LogP contribution in [0.4, 0.5) is 42.9 Å². The van der Waals surface area contributed by atoms with Crippen LogP contribution in [0, 0.1) is 11.6 Å². The molecule has 2 atom stereocenters. The third-order valence-corrected chi connectivity index (χ3v) is 18.6. The molecule has 12 aromatic rings. The van der Waals surface area contributed by atoms with Gasteiger partial charge in [0, 0.05) is 36.0 Å². The van der Waals surface area contributed by atoms with Crippen LogP contribution in [-0.4, -0.2) is 52.9 Å². The zero-order valence-electron chi connectivity index (χ0n) is 54.9. The van der Waals surface area contributed by atoms with Crippen molar-refractivity contribution in [3.8, 4) is 56.4 Å². The Morgan fingerprint density at radius 2 is 0.643 bits per heavy atom. The lowest BCUT2D eigenvalue weighted by molar-refractivity contribution is 0.110. The van der Waals surface area contributed by atoms with Crippen molar-refractivity contribution in [2.75, 3.05) is 62.7 Å². The summed E-state index contributed by atoms with van der Waals surface area (Å²) < 4.78 is 69.0. The maximum Gasteiger partial charge on any atom is 0.147 e. The van der Waals surface area contributed by atoms with E-state index < -0.39 is 10.8 Å². The van der Waals surface area contributed by atoms with Gasteiger partial charge in [0.2, 0.25) is 0 Å². The van der Waals surface area contributed by atoms with Crippen LogP contribution >= 0.6 is 0 Å². The predicted octanol–water partition coefficient (Wildman–Crippen LogP) is 21.3. The number of hydrogen-bond acceptors (Lipinski definition) is 8. The van der Waals surface area contributed by atoms with Gasteiger partial charge in [0.15, 0.2) is 0 Å². The summed E-state index contributed by atoms with van der Waals surface area (Å²) in [6.45, 7) is 15.5. The highest BCUT2D eigenvalue weighted by molar-refractivity contribution is 5.92. The molecule has 0 N–H and O–H groups in total. The molecule has 0 aliphatic heterocycles. The molecule has 14 rings (SSSR count). The Morgan fingerprint density at radius 3 is 0.990 bits per heavy atom. The largest absolute Gasteiger partial charge is 0.491 e. The van der Waals surface area contributed by atoms with Crippen LogP contribution in [0.2, 0.25) is 0 Å². The molecule has 0 bridgehead atoms. The van der Waals surface area contributed by atoms with Crippen molar-refractivity contribution >= 4 is 34.1 Å². The highest BCUT2D eigenvalue weighted by Gasteiger charge is 2.48. The molecular weight excluding hydrogens is 1220 g/mol. The van der Waals surface area contributed by atoms with Crippen LogP contribution in [0.25, 0.3) is 33.4 Å². The predicted molar refractivity (Wildman–Crippen MR) is 391 cm³/mol. The van der Waals surface area contributed by atoms with E-state index in [0.29, 0.717) is 64.2 Å². The Kier molecular flexibility index (Phi) is 18.7. The Balaban J connectivity index is 0.842. The standard InChI is InChI=1S/C88H74F2N2O6/c1-5-53-95-71-43-29-63(30-44-71)87(65-33-47-73(48-34-65)97-57-55-93-7-3)79-19-11-9-17-75(79)77-51-41-69(59-81(77)87)91(85-23-15-13-21-83(85)89)67-37-25-61(26-38-67)62-27-39-68(40-28-62)92(86-24-16-14-22-84(86)90)70-42-52-78-76-18-10-12-20-80(76)88(82(78)60-70,64-31-45-72(46-32-64)96-54-6-2)66-35-49-74(50-36-66)98-58-56-94-8-4/h5-6,9-52,59-60H,1-2,7-8,53-58H2,3-4H3. The average Bonchev–Trinajstić information content (AvgIpc) is 1.54. The third kappa shape index (κ3) is 12.0. The topological polar surface area (TPSA) is 61.9 Å². The number of hydrogen-bond donors (Lipinski definition) is 0. The van der Waals surface area contributed by atoms with E-state index in [0.717, 1.165) is 124 Å². The molecule has 0 saturated heterocycles. The minimum absolute atomic E-state index is 0.368. The quantitative estimate of drug-likeness (QED) is 0.0373. The first-order valence-corrected chi connectivity index (χ1v) is 33.4. The first kappa shape index (κ1) is 64.1. The molecular formula is C88H74F2N2O6. The molecule has 2 unspecified atom stereocenters. The van der Waals surface area contributed by atoms with Crippen molar-refractivity contribution < 1.29 is 37.2 Å². The lowest BCUT2D eigenvalue weighted by atomic mass is 9.67. The minimum Gasteiger partial charge on any atom is -0.491 e. The number of anilines is 6. The number of benzene rings is 12. The number of nitrogens with zero attached hydrogens (tertiary/aromatic N) is 2. The number of para-hydroxylation sites is 2.